The third kappa shape index (κ3) is 7.30. The van der Waals surface area contributed by atoms with Gasteiger partial charge in [-0.1, -0.05) is 58.2 Å². The highest BCUT2D eigenvalue weighted by Crippen LogP contribution is 2.22. The van der Waals surface area contributed by atoms with Crippen molar-refractivity contribution in [3.8, 4) is 0 Å². The molecule has 0 amide bonds. The van der Waals surface area contributed by atoms with E-state index in [1.807, 2.05) is 11.8 Å². The largest absolute Gasteiger partial charge is 0.362 e. The van der Waals surface area contributed by atoms with E-state index in [2.05, 4.69) is 38.0 Å². The minimum Gasteiger partial charge on any atom is -0.362 e. The van der Waals surface area contributed by atoms with Crippen LogP contribution in [0.5, 0.6) is 0 Å². The number of aliphatic imine (C=N–C) groups is 1. The van der Waals surface area contributed by atoms with Crippen molar-refractivity contribution in [1.29, 1.82) is 0 Å². The summed E-state index contributed by atoms with van der Waals surface area (Å²) in [7, 11) is 0. The Morgan fingerprint density at radius 1 is 1.22 bits per heavy atom. The minimum absolute atomic E-state index is 0.589. The smallest absolute Gasteiger partial charge is 0.157 e. The first-order valence-corrected chi connectivity index (χ1v) is 8.43. The van der Waals surface area contributed by atoms with Gasteiger partial charge >= 0.3 is 0 Å². The van der Waals surface area contributed by atoms with Crippen molar-refractivity contribution in [1.82, 2.24) is 5.32 Å². The summed E-state index contributed by atoms with van der Waals surface area (Å²) in [6.07, 6.45) is 7.96. The van der Waals surface area contributed by atoms with Crippen LogP contribution in [0.4, 0.5) is 0 Å². The first-order valence-electron chi connectivity index (χ1n) is 7.55. The molecule has 0 saturated carbocycles. The molecular formula is C15H30N2S. The number of hydrogen-bond acceptors (Lipinski definition) is 2. The lowest BCUT2D eigenvalue weighted by Gasteiger charge is -2.26. The van der Waals surface area contributed by atoms with Crippen molar-refractivity contribution in [3.05, 3.63) is 0 Å². The normalized spacial score (nSPS) is 26.6. The maximum atomic E-state index is 4.69. The van der Waals surface area contributed by atoms with Gasteiger partial charge < -0.3 is 5.32 Å². The number of hydrogen-bond donors (Lipinski definition) is 1. The molecule has 0 aliphatic carbocycles. The molecule has 1 N–H and O–H groups in total. The van der Waals surface area contributed by atoms with Gasteiger partial charge in [-0.15, -0.1) is 0 Å². The molecule has 2 unspecified atom stereocenters. The zero-order chi connectivity index (χ0) is 13.4. The second kappa shape index (κ2) is 8.84. The topological polar surface area (TPSA) is 24.4 Å². The van der Waals surface area contributed by atoms with Gasteiger partial charge in [0.05, 0.1) is 0 Å². The van der Waals surface area contributed by atoms with Gasteiger partial charge in [-0.3, -0.25) is 4.99 Å². The second-order valence-corrected chi connectivity index (χ2v) is 7.42. The van der Waals surface area contributed by atoms with Crippen molar-refractivity contribution >= 4 is 16.9 Å². The Morgan fingerprint density at radius 2 is 1.94 bits per heavy atom. The average molecular weight is 270 g/mol. The summed E-state index contributed by atoms with van der Waals surface area (Å²) in [5.74, 6) is 0.857. The Bertz CT molecular complexity index is 239. The van der Waals surface area contributed by atoms with Gasteiger partial charge in [0.25, 0.3) is 0 Å². The van der Waals surface area contributed by atoms with Crippen LogP contribution >= 0.6 is 11.8 Å². The Labute approximate surface area is 117 Å². The summed E-state index contributed by atoms with van der Waals surface area (Å²) in [5.41, 5.74) is 0. The molecule has 1 rings (SSSR count). The standard InChI is InChI=1S/C15H30N2S/c1-12(2)9-7-5-6-8-10-16-15-17-13(3)11-14(4)18-15/h12-14H,5-11H2,1-4H3,(H,16,17). The van der Waals surface area contributed by atoms with Crippen molar-refractivity contribution in [2.24, 2.45) is 10.9 Å². The van der Waals surface area contributed by atoms with Gasteiger partial charge in [-0.2, -0.15) is 0 Å². The van der Waals surface area contributed by atoms with Crippen LogP contribution in [0, 0.1) is 5.92 Å². The van der Waals surface area contributed by atoms with Gasteiger partial charge in [-0.25, -0.2) is 0 Å². The number of nitrogens with one attached hydrogen (secondary N) is 1. The predicted octanol–water partition coefficient (Wildman–Crippen LogP) is 4.45. The number of unbranched alkanes of at least 4 members (excludes halogenated alkanes) is 3. The van der Waals surface area contributed by atoms with E-state index in [0.717, 1.165) is 12.5 Å². The zero-order valence-electron chi connectivity index (χ0n) is 12.5. The second-order valence-electron chi connectivity index (χ2n) is 5.99. The van der Waals surface area contributed by atoms with Crippen LogP contribution in [-0.4, -0.2) is 23.0 Å². The molecule has 1 aliphatic rings. The third-order valence-corrected chi connectivity index (χ3v) is 4.38. The maximum absolute atomic E-state index is 4.69. The fraction of sp³-hybridized carbons (Fsp3) is 0.933. The van der Waals surface area contributed by atoms with Gasteiger partial charge in [0.2, 0.25) is 0 Å². The lowest BCUT2D eigenvalue weighted by molar-refractivity contribution is 0.521. The highest BCUT2D eigenvalue weighted by atomic mass is 32.2. The van der Waals surface area contributed by atoms with Crippen LogP contribution in [0.1, 0.15) is 66.2 Å². The van der Waals surface area contributed by atoms with Crippen molar-refractivity contribution in [3.63, 3.8) is 0 Å². The molecular weight excluding hydrogens is 240 g/mol. The molecule has 0 aromatic rings. The van der Waals surface area contributed by atoms with Crippen LogP contribution in [0.15, 0.2) is 4.99 Å². The minimum atomic E-state index is 0.589. The summed E-state index contributed by atoms with van der Waals surface area (Å²) in [6.45, 7) is 10.2. The fourth-order valence-corrected chi connectivity index (χ4v) is 3.52. The third-order valence-electron chi connectivity index (χ3n) is 3.31. The molecule has 1 fully saturated rings. The summed E-state index contributed by atoms with van der Waals surface area (Å²) in [5, 5.41) is 5.36. The van der Waals surface area contributed by atoms with Crippen LogP contribution in [0.25, 0.3) is 0 Å². The van der Waals surface area contributed by atoms with E-state index in [0.29, 0.717) is 11.3 Å². The Morgan fingerprint density at radius 3 is 2.61 bits per heavy atom. The van der Waals surface area contributed by atoms with Crippen molar-refractivity contribution in [2.45, 2.75) is 77.5 Å². The first kappa shape index (κ1) is 15.9. The molecule has 1 saturated heterocycles. The Balaban J connectivity index is 2.05. The molecule has 0 radical (unpaired) electrons. The molecule has 2 atom stereocenters. The highest BCUT2D eigenvalue weighted by Gasteiger charge is 2.19. The molecule has 0 aromatic heterocycles. The molecule has 106 valence electrons. The van der Waals surface area contributed by atoms with E-state index >= 15 is 0 Å². The number of nitrogens with zero attached hydrogens (tertiary/aromatic N) is 1. The lowest BCUT2D eigenvalue weighted by atomic mass is 10.0. The maximum Gasteiger partial charge on any atom is 0.157 e. The average Bonchev–Trinajstić information content (AvgIpc) is 2.26. The molecule has 0 bridgehead atoms. The van der Waals surface area contributed by atoms with Gasteiger partial charge in [0, 0.05) is 17.8 Å². The van der Waals surface area contributed by atoms with Gasteiger partial charge in [0.15, 0.2) is 5.17 Å². The predicted molar refractivity (Wildman–Crippen MR) is 84.5 cm³/mol. The Hall–Kier alpha value is -0.180. The highest BCUT2D eigenvalue weighted by molar-refractivity contribution is 8.14. The monoisotopic (exact) mass is 270 g/mol. The molecule has 0 aromatic carbocycles. The van der Waals surface area contributed by atoms with Crippen LogP contribution in [0.3, 0.4) is 0 Å². The van der Waals surface area contributed by atoms with E-state index in [4.69, 9.17) is 0 Å². The quantitative estimate of drug-likeness (QED) is 0.691. The van der Waals surface area contributed by atoms with E-state index < -0.39 is 0 Å². The van der Waals surface area contributed by atoms with E-state index in [-0.39, 0.29) is 0 Å². The van der Waals surface area contributed by atoms with E-state index in [9.17, 15) is 0 Å². The van der Waals surface area contributed by atoms with E-state index in [1.165, 1.54) is 43.7 Å². The Kier molecular flexibility index (Phi) is 7.80. The SMILES string of the molecule is CC(C)CCCCCCN=C1NC(C)CC(C)S1. The number of rotatable bonds is 7. The molecule has 3 heteroatoms. The molecule has 1 heterocycles. The molecule has 2 nitrogen and oxygen atoms in total. The number of amidine groups is 1. The molecule has 0 spiro atoms. The summed E-state index contributed by atoms with van der Waals surface area (Å²) < 4.78 is 0. The van der Waals surface area contributed by atoms with Gasteiger partial charge in [0.1, 0.15) is 0 Å². The zero-order valence-corrected chi connectivity index (χ0v) is 13.4. The van der Waals surface area contributed by atoms with Crippen LogP contribution in [-0.2, 0) is 0 Å². The fourth-order valence-electron chi connectivity index (χ4n) is 2.32. The number of thioether (sulfide) groups is 1. The van der Waals surface area contributed by atoms with Crippen LogP contribution < -0.4 is 5.32 Å². The molecule has 18 heavy (non-hydrogen) atoms. The molecule has 1 aliphatic heterocycles. The van der Waals surface area contributed by atoms with Crippen molar-refractivity contribution < 1.29 is 0 Å². The summed E-state index contributed by atoms with van der Waals surface area (Å²) in [6, 6.07) is 0.589. The summed E-state index contributed by atoms with van der Waals surface area (Å²) >= 11 is 1.90. The first-order chi connectivity index (χ1) is 8.58. The van der Waals surface area contributed by atoms with Crippen molar-refractivity contribution in [2.75, 3.05) is 6.54 Å². The van der Waals surface area contributed by atoms with Gasteiger partial charge in [-0.05, 0) is 25.7 Å². The van der Waals surface area contributed by atoms with E-state index in [1.54, 1.807) is 0 Å². The summed E-state index contributed by atoms with van der Waals surface area (Å²) in [4.78, 5) is 4.69. The lowest BCUT2D eigenvalue weighted by Crippen LogP contribution is -2.38. The van der Waals surface area contributed by atoms with Crippen LogP contribution in [0.2, 0.25) is 0 Å².